The minimum atomic E-state index is 0.666. The van der Waals surface area contributed by atoms with Crippen LogP contribution in [0.4, 0.5) is 5.69 Å². The summed E-state index contributed by atoms with van der Waals surface area (Å²) in [6.45, 7) is 9.32. The molecule has 5 aromatic rings. The van der Waals surface area contributed by atoms with Gasteiger partial charge in [-0.2, -0.15) is 4.57 Å². The van der Waals surface area contributed by atoms with E-state index in [0.29, 0.717) is 13.2 Å². The number of aromatic nitrogens is 1. The highest BCUT2D eigenvalue weighted by molar-refractivity contribution is 8.03. The Labute approximate surface area is 292 Å². The first-order valence-electron chi connectivity index (χ1n) is 17.0. The molecule has 4 aromatic carbocycles. The van der Waals surface area contributed by atoms with Crippen LogP contribution in [0, 0.1) is 0 Å². The standard InChI is InChI=1S/C41H44N3O2S2/c1-5-43-37(47-35-21-17-29-11-7-9-13-33(29)40(35)43)23-19-31-15-16-32(39(31)42(25-27-45-3)26-28-46-4)20-24-38-44(6-2)41-34-14-10-8-12-30(34)18-22-36(41)48-38/h7-14,17-24H,5-6,15-16,25-28H2,1-4H3/q+1. The first kappa shape index (κ1) is 32.7. The van der Waals surface area contributed by atoms with Crippen molar-refractivity contribution < 1.29 is 14.0 Å². The van der Waals surface area contributed by atoms with Gasteiger partial charge in [-0.25, -0.2) is 0 Å². The van der Waals surface area contributed by atoms with Crippen molar-refractivity contribution in [3.63, 3.8) is 0 Å². The molecule has 0 spiro atoms. The van der Waals surface area contributed by atoms with Crippen molar-refractivity contribution in [1.82, 2.24) is 4.90 Å². The molecule has 5 nitrogen and oxygen atoms in total. The Hall–Kier alpha value is -3.88. The summed E-state index contributed by atoms with van der Waals surface area (Å²) >= 11 is 3.75. The lowest BCUT2D eigenvalue weighted by Crippen LogP contribution is -2.33. The number of methoxy groups -OCH3 is 2. The van der Waals surface area contributed by atoms with Crippen LogP contribution in [0.25, 0.3) is 37.8 Å². The van der Waals surface area contributed by atoms with E-state index in [9.17, 15) is 0 Å². The SMILES string of the molecule is CCN1/C(=C/C=C2\CCC(/C=C/c3sc4ccc5ccccc5c4[n+]3CC)=C2N(CCOC)CCOC)Sc2ccc3ccccc3c21. The van der Waals surface area contributed by atoms with Gasteiger partial charge in [0, 0.05) is 55.9 Å². The maximum Gasteiger partial charge on any atom is 0.262 e. The van der Waals surface area contributed by atoms with E-state index in [4.69, 9.17) is 9.47 Å². The monoisotopic (exact) mass is 674 g/mol. The van der Waals surface area contributed by atoms with Crippen LogP contribution in [-0.4, -0.2) is 52.0 Å². The molecule has 0 unspecified atom stereocenters. The second-order valence-corrected chi connectivity index (χ2v) is 14.3. The van der Waals surface area contributed by atoms with Crippen LogP contribution in [0.2, 0.25) is 0 Å². The average molecular weight is 675 g/mol. The predicted molar refractivity (Wildman–Crippen MR) is 205 cm³/mol. The van der Waals surface area contributed by atoms with Crippen LogP contribution in [0.3, 0.4) is 0 Å². The Morgan fingerprint density at radius 3 is 2.25 bits per heavy atom. The molecule has 2 aliphatic rings. The summed E-state index contributed by atoms with van der Waals surface area (Å²) in [5, 5.41) is 7.77. The summed E-state index contributed by atoms with van der Waals surface area (Å²) in [4.78, 5) is 6.27. The van der Waals surface area contributed by atoms with Crippen molar-refractivity contribution in [3.05, 3.63) is 118 Å². The zero-order chi connectivity index (χ0) is 33.0. The molecule has 246 valence electrons. The molecular formula is C41H44N3O2S2+. The van der Waals surface area contributed by atoms with E-state index in [1.165, 1.54) is 69.2 Å². The Morgan fingerprint density at radius 2 is 1.52 bits per heavy atom. The summed E-state index contributed by atoms with van der Waals surface area (Å²) in [5.74, 6) is 0. The number of aryl methyl sites for hydroxylation is 1. The van der Waals surface area contributed by atoms with Crippen LogP contribution >= 0.6 is 23.1 Å². The van der Waals surface area contributed by atoms with Crippen molar-refractivity contribution >= 4 is 66.6 Å². The number of rotatable bonds is 12. The van der Waals surface area contributed by atoms with Crippen LogP contribution in [0.5, 0.6) is 0 Å². The highest BCUT2D eigenvalue weighted by Gasteiger charge is 2.28. The van der Waals surface area contributed by atoms with Gasteiger partial charge < -0.3 is 19.3 Å². The summed E-state index contributed by atoms with van der Waals surface area (Å²) < 4.78 is 15.0. The van der Waals surface area contributed by atoms with Crippen molar-refractivity contribution in [3.8, 4) is 0 Å². The molecule has 0 saturated carbocycles. The van der Waals surface area contributed by atoms with Crippen molar-refractivity contribution in [2.45, 2.75) is 38.1 Å². The molecule has 0 bridgehead atoms. The van der Waals surface area contributed by atoms with Gasteiger partial charge in [0.25, 0.3) is 5.01 Å². The van der Waals surface area contributed by atoms with Crippen molar-refractivity contribution in [2.24, 2.45) is 0 Å². The number of benzene rings is 4. The van der Waals surface area contributed by atoms with Crippen molar-refractivity contribution in [1.29, 1.82) is 0 Å². The molecule has 1 aliphatic carbocycles. The normalized spacial score (nSPS) is 16.6. The number of hydrogen-bond donors (Lipinski definition) is 0. The summed E-state index contributed by atoms with van der Waals surface area (Å²) in [5.41, 5.74) is 6.73. The van der Waals surface area contributed by atoms with E-state index >= 15 is 0 Å². The number of anilines is 1. The van der Waals surface area contributed by atoms with Gasteiger partial charge in [0.1, 0.15) is 11.2 Å². The molecule has 48 heavy (non-hydrogen) atoms. The molecule has 0 N–H and O–H groups in total. The Kier molecular flexibility index (Phi) is 10.0. The maximum absolute atomic E-state index is 5.59. The van der Waals surface area contributed by atoms with E-state index in [-0.39, 0.29) is 0 Å². The van der Waals surface area contributed by atoms with Crippen LogP contribution in [0.15, 0.2) is 118 Å². The molecule has 0 fully saturated rings. The minimum Gasteiger partial charge on any atom is -0.383 e. The highest BCUT2D eigenvalue weighted by atomic mass is 32.2. The third-order valence-electron chi connectivity index (χ3n) is 9.43. The Bertz CT molecular complexity index is 2080. The summed E-state index contributed by atoms with van der Waals surface area (Å²) in [6.07, 6.45) is 11.5. The largest absolute Gasteiger partial charge is 0.383 e. The predicted octanol–water partition coefficient (Wildman–Crippen LogP) is 9.57. The van der Waals surface area contributed by atoms with E-state index < -0.39 is 0 Å². The van der Waals surface area contributed by atoms with Gasteiger partial charge in [0.05, 0.1) is 29.3 Å². The second-order valence-electron chi connectivity index (χ2n) is 12.2. The molecule has 0 atom stereocenters. The summed E-state index contributed by atoms with van der Waals surface area (Å²) in [6, 6.07) is 26.5. The molecular weight excluding hydrogens is 631 g/mol. The first-order valence-corrected chi connectivity index (χ1v) is 18.6. The summed E-state index contributed by atoms with van der Waals surface area (Å²) in [7, 11) is 3.57. The third-order valence-corrected chi connectivity index (χ3v) is 11.7. The molecule has 0 saturated heterocycles. The van der Waals surface area contributed by atoms with E-state index in [1.54, 1.807) is 14.2 Å². The lowest BCUT2D eigenvalue weighted by Gasteiger charge is -2.27. The quantitative estimate of drug-likeness (QED) is 0.123. The Morgan fingerprint density at radius 1 is 0.812 bits per heavy atom. The topological polar surface area (TPSA) is 28.8 Å². The smallest absolute Gasteiger partial charge is 0.262 e. The van der Waals surface area contributed by atoms with E-state index in [2.05, 4.69) is 125 Å². The van der Waals surface area contributed by atoms with Gasteiger partial charge >= 0.3 is 0 Å². The molecule has 2 heterocycles. The molecule has 7 rings (SSSR count). The van der Waals surface area contributed by atoms with Gasteiger partial charge in [0.2, 0.25) is 5.52 Å². The number of hydrogen-bond acceptors (Lipinski definition) is 6. The lowest BCUT2D eigenvalue weighted by atomic mass is 10.1. The molecule has 1 aliphatic heterocycles. The van der Waals surface area contributed by atoms with E-state index in [1.807, 2.05) is 23.1 Å². The molecule has 1 aromatic heterocycles. The first-order chi connectivity index (χ1) is 23.6. The lowest BCUT2D eigenvalue weighted by molar-refractivity contribution is -0.664. The van der Waals surface area contributed by atoms with Gasteiger partial charge in [-0.3, -0.25) is 0 Å². The number of fused-ring (bicyclic) bond motifs is 6. The third kappa shape index (κ3) is 6.21. The minimum absolute atomic E-state index is 0.666. The number of thioether (sulfide) groups is 1. The van der Waals surface area contributed by atoms with Gasteiger partial charge in [-0.15, -0.1) is 0 Å². The Balaban J connectivity index is 1.28. The fourth-order valence-corrected chi connectivity index (χ4v) is 9.44. The number of ether oxygens (including phenoxy) is 2. The fraction of sp³-hybridized carbons (Fsp3) is 0.293. The number of thiazole rings is 1. The van der Waals surface area contributed by atoms with Crippen molar-refractivity contribution in [2.75, 3.05) is 52.0 Å². The fourth-order valence-electron chi connectivity index (χ4n) is 7.15. The van der Waals surface area contributed by atoms with Gasteiger partial charge in [-0.05, 0) is 79.0 Å². The van der Waals surface area contributed by atoms with Gasteiger partial charge in [0.15, 0.2) is 0 Å². The van der Waals surface area contributed by atoms with Crippen LogP contribution in [-0.2, 0) is 16.0 Å². The highest BCUT2D eigenvalue weighted by Crippen LogP contribution is 2.49. The van der Waals surface area contributed by atoms with Crippen LogP contribution in [0.1, 0.15) is 31.7 Å². The number of allylic oxidation sites excluding steroid dienone is 5. The van der Waals surface area contributed by atoms with Crippen LogP contribution < -0.4 is 9.47 Å². The maximum atomic E-state index is 5.59. The molecule has 7 heteroatoms. The molecule has 0 amide bonds. The zero-order valence-corrected chi connectivity index (χ0v) is 30.0. The van der Waals surface area contributed by atoms with Gasteiger partial charge in [-0.1, -0.05) is 83.8 Å². The zero-order valence-electron chi connectivity index (χ0n) is 28.4. The second kappa shape index (κ2) is 14.7. The van der Waals surface area contributed by atoms with E-state index in [0.717, 1.165) is 39.0 Å². The molecule has 0 radical (unpaired) electrons. The average Bonchev–Trinajstić information content (AvgIpc) is 3.82. The number of nitrogens with zero attached hydrogens (tertiary/aromatic N) is 3.